The van der Waals surface area contributed by atoms with Crippen LogP contribution in [0.3, 0.4) is 0 Å². The highest BCUT2D eigenvalue weighted by atomic mass is 79.9. The van der Waals surface area contributed by atoms with Gasteiger partial charge in [0.05, 0.1) is 12.7 Å². The van der Waals surface area contributed by atoms with Gasteiger partial charge in [0.1, 0.15) is 11.5 Å². The number of fused-ring (bicyclic) bond motifs is 1. The molecule has 1 heterocycles. The van der Waals surface area contributed by atoms with Gasteiger partial charge < -0.3 is 9.47 Å². The maximum Gasteiger partial charge on any atom is 0.232 e. The smallest absolute Gasteiger partial charge is 0.232 e. The molecule has 1 aliphatic rings. The van der Waals surface area contributed by atoms with E-state index in [-0.39, 0.29) is 5.78 Å². The van der Waals surface area contributed by atoms with Gasteiger partial charge in [-0.3, -0.25) is 4.79 Å². The molecular formula is C16H11BrO3. The van der Waals surface area contributed by atoms with Crippen LogP contribution in [0.4, 0.5) is 0 Å². The lowest BCUT2D eigenvalue weighted by molar-refractivity contribution is 0.101. The number of rotatable bonds is 2. The third-order valence-corrected chi connectivity index (χ3v) is 3.54. The monoisotopic (exact) mass is 330 g/mol. The van der Waals surface area contributed by atoms with Gasteiger partial charge in [-0.1, -0.05) is 28.1 Å². The molecule has 0 amide bonds. The summed E-state index contributed by atoms with van der Waals surface area (Å²) in [6.07, 6.45) is 1.73. The molecule has 2 aromatic carbocycles. The Hall–Kier alpha value is -2.07. The minimum Gasteiger partial charge on any atom is -0.497 e. The van der Waals surface area contributed by atoms with Crippen molar-refractivity contribution in [3.8, 4) is 11.5 Å². The molecule has 0 unspecified atom stereocenters. The Morgan fingerprint density at radius 3 is 2.60 bits per heavy atom. The van der Waals surface area contributed by atoms with Crippen molar-refractivity contribution in [3.05, 3.63) is 63.8 Å². The van der Waals surface area contributed by atoms with Crippen molar-refractivity contribution in [2.45, 2.75) is 0 Å². The number of carbonyl (C=O) groups excluding carboxylic acids is 1. The Labute approximate surface area is 125 Å². The molecule has 0 saturated heterocycles. The van der Waals surface area contributed by atoms with Gasteiger partial charge in [0, 0.05) is 4.47 Å². The van der Waals surface area contributed by atoms with Gasteiger partial charge >= 0.3 is 0 Å². The van der Waals surface area contributed by atoms with Crippen LogP contribution in [0.1, 0.15) is 15.9 Å². The first-order valence-electron chi connectivity index (χ1n) is 6.05. The first-order valence-corrected chi connectivity index (χ1v) is 6.84. The van der Waals surface area contributed by atoms with E-state index < -0.39 is 0 Å². The summed E-state index contributed by atoms with van der Waals surface area (Å²) in [7, 11) is 1.62. The van der Waals surface area contributed by atoms with Gasteiger partial charge in [-0.15, -0.1) is 0 Å². The molecule has 1 aliphatic heterocycles. The van der Waals surface area contributed by atoms with Crippen molar-refractivity contribution >= 4 is 27.8 Å². The molecule has 0 saturated carbocycles. The lowest BCUT2D eigenvalue weighted by Gasteiger charge is -2.01. The zero-order valence-electron chi connectivity index (χ0n) is 10.7. The minimum absolute atomic E-state index is 0.0999. The summed E-state index contributed by atoms with van der Waals surface area (Å²) in [5.74, 6) is 1.61. The van der Waals surface area contributed by atoms with Crippen LogP contribution in [0.5, 0.6) is 11.5 Å². The fraction of sp³-hybridized carbons (Fsp3) is 0.0625. The molecule has 3 rings (SSSR count). The first kappa shape index (κ1) is 12.9. The summed E-state index contributed by atoms with van der Waals surface area (Å²) < 4.78 is 11.6. The minimum atomic E-state index is -0.0999. The van der Waals surface area contributed by atoms with Crippen molar-refractivity contribution in [2.75, 3.05) is 7.11 Å². The number of halogens is 1. The molecule has 0 aromatic heterocycles. The Morgan fingerprint density at radius 1 is 1.15 bits per heavy atom. The SMILES string of the molecule is COc1ccc(/C=C2\Oc3ccc(Br)cc3C2=O)cc1. The molecule has 0 atom stereocenters. The van der Waals surface area contributed by atoms with Crippen molar-refractivity contribution in [1.82, 2.24) is 0 Å². The molecule has 100 valence electrons. The number of ketones is 1. The zero-order valence-corrected chi connectivity index (χ0v) is 12.3. The molecule has 2 aromatic rings. The molecule has 0 radical (unpaired) electrons. The number of methoxy groups -OCH3 is 1. The van der Waals surface area contributed by atoms with E-state index in [2.05, 4.69) is 15.9 Å². The predicted octanol–water partition coefficient (Wildman–Crippen LogP) is 4.07. The van der Waals surface area contributed by atoms with Gasteiger partial charge in [-0.05, 0) is 42.0 Å². The highest BCUT2D eigenvalue weighted by Gasteiger charge is 2.27. The predicted molar refractivity (Wildman–Crippen MR) is 80.1 cm³/mol. The standard InChI is InChI=1S/C16H11BrO3/c1-19-12-5-2-10(3-6-12)8-15-16(18)13-9-11(17)4-7-14(13)20-15/h2-9H,1H3/b15-8-. The summed E-state index contributed by atoms with van der Waals surface area (Å²) in [6.45, 7) is 0. The Kier molecular flexibility index (Phi) is 3.32. The number of hydrogen-bond acceptors (Lipinski definition) is 3. The summed E-state index contributed by atoms with van der Waals surface area (Å²) in [5, 5.41) is 0. The Bertz CT molecular complexity index is 702. The summed E-state index contributed by atoms with van der Waals surface area (Å²) in [5.41, 5.74) is 1.47. The molecule has 0 bridgehead atoms. The molecule has 0 spiro atoms. The number of hydrogen-bond donors (Lipinski definition) is 0. The van der Waals surface area contributed by atoms with E-state index >= 15 is 0 Å². The van der Waals surface area contributed by atoms with Crippen molar-refractivity contribution in [2.24, 2.45) is 0 Å². The number of ether oxygens (including phenoxy) is 2. The maximum absolute atomic E-state index is 12.2. The average molecular weight is 331 g/mol. The largest absolute Gasteiger partial charge is 0.497 e. The van der Waals surface area contributed by atoms with Crippen molar-refractivity contribution < 1.29 is 14.3 Å². The van der Waals surface area contributed by atoms with Gasteiger partial charge in [0.15, 0.2) is 5.76 Å². The van der Waals surface area contributed by atoms with Gasteiger partial charge in [-0.25, -0.2) is 0 Å². The second kappa shape index (κ2) is 5.13. The highest BCUT2D eigenvalue weighted by Crippen LogP contribution is 2.33. The zero-order chi connectivity index (χ0) is 14.1. The second-order valence-corrected chi connectivity index (χ2v) is 5.27. The Morgan fingerprint density at radius 2 is 1.90 bits per heavy atom. The van der Waals surface area contributed by atoms with Crippen LogP contribution in [0.2, 0.25) is 0 Å². The molecular weight excluding hydrogens is 320 g/mol. The third-order valence-electron chi connectivity index (χ3n) is 3.04. The lowest BCUT2D eigenvalue weighted by atomic mass is 10.1. The normalized spacial score (nSPS) is 15.1. The van der Waals surface area contributed by atoms with Crippen LogP contribution < -0.4 is 9.47 Å². The van der Waals surface area contributed by atoms with Gasteiger partial charge in [-0.2, -0.15) is 0 Å². The van der Waals surface area contributed by atoms with Crippen LogP contribution >= 0.6 is 15.9 Å². The van der Waals surface area contributed by atoms with E-state index in [0.29, 0.717) is 17.1 Å². The highest BCUT2D eigenvalue weighted by molar-refractivity contribution is 9.10. The van der Waals surface area contributed by atoms with E-state index in [1.165, 1.54) is 0 Å². The first-order chi connectivity index (χ1) is 9.67. The number of carbonyl (C=O) groups is 1. The van der Waals surface area contributed by atoms with E-state index in [9.17, 15) is 4.79 Å². The van der Waals surface area contributed by atoms with E-state index in [4.69, 9.17) is 9.47 Å². The summed E-state index contributed by atoms with van der Waals surface area (Å²) >= 11 is 3.35. The molecule has 0 fully saturated rings. The van der Waals surface area contributed by atoms with E-state index in [0.717, 1.165) is 15.8 Å². The van der Waals surface area contributed by atoms with Crippen molar-refractivity contribution in [1.29, 1.82) is 0 Å². The third kappa shape index (κ3) is 2.34. The van der Waals surface area contributed by atoms with Crippen LogP contribution in [0.15, 0.2) is 52.7 Å². The van der Waals surface area contributed by atoms with Crippen molar-refractivity contribution in [3.63, 3.8) is 0 Å². The molecule has 4 heteroatoms. The quantitative estimate of drug-likeness (QED) is 0.778. The lowest BCUT2D eigenvalue weighted by Crippen LogP contribution is -1.98. The number of Topliss-reactive ketones (excluding diaryl/α,β-unsaturated/α-hetero) is 1. The number of benzene rings is 2. The molecule has 3 nitrogen and oxygen atoms in total. The van der Waals surface area contributed by atoms with Crippen LogP contribution in [0.25, 0.3) is 6.08 Å². The van der Waals surface area contributed by atoms with Crippen LogP contribution in [0, 0.1) is 0 Å². The van der Waals surface area contributed by atoms with Crippen LogP contribution in [-0.4, -0.2) is 12.9 Å². The van der Waals surface area contributed by atoms with Gasteiger partial charge in [0.25, 0.3) is 0 Å². The number of allylic oxidation sites excluding steroid dienone is 1. The average Bonchev–Trinajstić information content (AvgIpc) is 2.76. The second-order valence-electron chi connectivity index (χ2n) is 4.35. The topological polar surface area (TPSA) is 35.5 Å². The summed E-state index contributed by atoms with van der Waals surface area (Å²) in [4.78, 5) is 12.2. The Balaban J connectivity index is 1.92. The maximum atomic E-state index is 12.2. The van der Waals surface area contributed by atoms with E-state index in [1.54, 1.807) is 25.3 Å². The van der Waals surface area contributed by atoms with Crippen LogP contribution in [-0.2, 0) is 0 Å². The summed E-state index contributed by atoms with van der Waals surface area (Å²) in [6, 6.07) is 12.8. The van der Waals surface area contributed by atoms with Gasteiger partial charge in [0.2, 0.25) is 5.78 Å². The molecule has 0 aliphatic carbocycles. The fourth-order valence-corrected chi connectivity index (χ4v) is 2.37. The molecule has 0 N–H and O–H groups in total. The fourth-order valence-electron chi connectivity index (χ4n) is 2.01. The molecule has 20 heavy (non-hydrogen) atoms. The van der Waals surface area contributed by atoms with E-state index in [1.807, 2.05) is 30.3 Å².